The number of thioether (sulfide) groups is 1. The quantitative estimate of drug-likeness (QED) is 0.280. The summed E-state index contributed by atoms with van der Waals surface area (Å²) in [7, 11) is 4.03. The van der Waals surface area contributed by atoms with Crippen LogP contribution in [0.4, 0.5) is 5.69 Å². The van der Waals surface area contributed by atoms with Gasteiger partial charge in [-0.3, -0.25) is 9.36 Å². The van der Waals surface area contributed by atoms with Crippen LogP contribution in [-0.2, 0) is 6.42 Å². The molecule has 6 rings (SSSR count). The molecule has 2 heterocycles. The Bertz CT molecular complexity index is 1730. The van der Waals surface area contributed by atoms with E-state index in [0.717, 1.165) is 44.6 Å². The third-order valence-corrected chi connectivity index (χ3v) is 9.42. The summed E-state index contributed by atoms with van der Waals surface area (Å²) in [6.45, 7) is 0. The van der Waals surface area contributed by atoms with Gasteiger partial charge in [-0.15, -0.1) is 11.8 Å². The van der Waals surface area contributed by atoms with Crippen molar-refractivity contribution in [3.05, 3.63) is 119 Å². The Kier molecular flexibility index (Phi) is 6.47. The van der Waals surface area contributed by atoms with Gasteiger partial charge in [0.1, 0.15) is 0 Å². The van der Waals surface area contributed by atoms with E-state index in [-0.39, 0.29) is 11.6 Å². The number of halogens is 1. The molecule has 1 aliphatic heterocycles. The molecule has 4 aromatic rings. The fourth-order valence-electron chi connectivity index (χ4n) is 5.24. The minimum Gasteiger partial charge on any atom is -0.377 e. The first-order valence-corrected chi connectivity index (χ1v) is 15.0. The molecule has 0 bridgehead atoms. The number of hydrogen-bond donors (Lipinski definition) is 0. The molecule has 3 aromatic carbocycles. The number of allylic oxidation sites excluding steroid dienone is 1. The Morgan fingerprint density at radius 2 is 1.86 bits per heavy atom. The van der Waals surface area contributed by atoms with Gasteiger partial charge in [-0.2, -0.15) is 0 Å². The fourth-order valence-corrected chi connectivity index (χ4v) is 7.40. The smallest absolute Gasteiger partial charge is 0.271 e. The maximum Gasteiger partial charge on any atom is 0.271 e. The van der Waals surface area contributed by atoms with Crippen LogP contribution < -0.4 is 19.8 Å². The van der Waals surface area contributed by atoms with E-state index in [4.69, 9.17) is 4.99 Å². The zero-order chi connectivity index (χ0) is 25.7. The van der Waals surface area contributed by atoms with E-state index < -0.39 is 0 Å². The minimum atomic E-state index is -0.152. The first kappa shape index (κ1) is 24.5. The van der Waals surface area contributed by atoms with E-state index >= 15 is 0 Å². The molecule has 0 radical (unpaired) electrons. The van der Waals surface area contributed by atoms with E-state index in [1.54, 1.807) is 11.8 Å². The lowest BCUT2D eigenvalue weighted by Crippen LogP contribution is -2.38. The summed E-state index contributed by atoms with van der Waals surface area (Å²) in [6, 6.07) is 23.2. The Morgan fingerprint density at radius 3 is 2.59 bits per heavy atom. The Morgan fingerprint density at radius 1 is 1.08 bits per heavy atom. The standard InChI is InChI=1S/C30H26BrN3OS2/c1-33(2)25-15-8-18(16-24(25)31)17-26-29(35)34-28(20-9-12-21(36-3)13-10-20)23-14-11-19-6-4-5-7-22(19)27(23)32-30(34)37-26/h4-10,12-13,15-17,28H,11,14H2,1-3H3. The molecule has 1 aliphatic carbocycles. The SMILES string of the molecule is CSc1ccc(C2C3=C(N=c4sc(=Cc5ccc(N(C)C)c(Br)c5)c(=O)n42)c2ccccc2CC3)cc1. The molecule has 1 aromatic heterocycles. The maximum absolute atomic E-state index is 13.9. The van der Waals surface area contributed by atoms with E-state index in [9.17, 15) is 4.79 Å². The molecular formula is C30H26BrN3OS2. The third kappa shape index (κ3) is 4.33. The molecule has 0 N–H and O–H groups in total. The van der Waals surface area contributed by atoms with Gasteiger partial charge >= 0.3 is 0 Å². The summed E-state index contributed by atoms with van der Waals surface area (Å²) in [4.78, 5) is 23.1. The van der Waals surface area contributed by atoms with Crippen molar-refractivity contribution in [2.75, 3.05) is 25.3 Å². The summed E-state index contributed by atoms with van der Waals surface area (Å²) in [5.74, 6) is 0. The van der Waals surface area contributed by atoms with Crippen LogP contribution in [0.25, 0.3) is 11.8 Å². The van der Waals surface area contributed by atoms with Crippen molar-refractivity contribution in [3.8, 4) is 0 Å². The molecule has 0 amide bonds. The van der Waals surface area contributed by atoms with Gasteiger partial charge < -0.3 is 4.90 Å². The Labute approximate surface area is 232 Å². The highest BCUT2D eigenvalue weighted by atomic mass is 79.9. The topological polar surface area (TPSA) is 37.6 Å². The van der Waals surface area contributed by atoms with Gasteiger partial charge in [-0.05, 0) is 87.6 Å². The number of aromatic nitrogens is 1. The summed E-state index contributed by atoms with van der Waals surface area (Å²) >= 11 is 6.88. The lowest BCUT2D eigenvalue weighted by Gasteiger charge is -2.30. The largest absolute Gasteiger partial charge is 0.377 e. The van der Waals surface area contributed by atoms with Crippen molar-refractivity contribution in [3.63, 3.8) is 0 Å². The van der Waals surface area contributed by atoms with Crippen LogP contribution in [0.2, 0.25) is 0 Å². The predicted octanol–water partition coefficient (Wildman–Crippen LogP) is 5.87. The summed E-state index contributed by atoms with van der Waals surface area (Å²) < 4.78 is 3.61. The summed E-state index contributed by atoms with van der Waals surface area (Å²) in [6.07, 6.45) is 5.92. The molecule has 1 unspecified atom stereocenters. The zero-order valence-electron chi connectivity index (χ0n) is 20.9. The predicted molar refractivity (Wildman–Crippen MR) is 159 cm³/mol. The Hall–Kier alpha value is -2.87. The van der Waals surface area contributed by atoms with Crippen LogP contribution in [-0.4, -0.2) is 24.9 Å². The molecule has 0 saturated heterocycles. The highest BCUT2D eigenvalue weighted by molar-refractivity contribution is 9.10. The lowest BCUT2D eigenvalue weighted by atomic mass is 9.83. The van der Waals surface area contributed by atoms with Crippen LogP contribution in [0.5, 0.6) is 0 Å². The van der Waals surface area contributed by atoms with Crippen LogP contribution >= 0.6 is 39.0 Å². The molecular weight excluding hydrogens is 562 g/mol. The highest BCUT2D eigenvalue weighted by Gasteiger charge is 2.32. The molecule has 186 valence electrons. The van der Waals surface area contributed by atoms with Gasteiger partial charge in [0.2, 0.25) is 0 Å². The average Bonchev–Trinajstić information content (AvgIpc) is 3.21. The van der Waals surface area contributed by atoms with Gasteiger partial charge in [0, 0.05) is 29.0 Å². The van der Waals surface area contributed by atoms with Crippen molar-refractivity contribution in [1.82, 2.24) is 4.57 Å². The van der Waals surface area contributed by atoms with E-state index in [1.165, 1.54) is 32.9 Å². The molecule has 2 aliphatic rings. The number of rotatable bonds is 4. The highest BCUT2D eigenvalue weighted by Crippen LogP contribution is 2.41. The average molecular weight is 589 g/mol. The van der Waals surface area contributed by atoms with Gasteiger partial charge in [0.15, 0.2) is 4.80 Å². The van der Waals surface area contributed by atoms with Crippen molar-refractivity contribution < 1.29 is 0 Å². The monoisotopic (exact) mass is 587 g/mol. The molecule has 4 nitrogen and oxygen atoms in total. The number of nitrogens with zero attached hydrogens (tertiary/aromatic N) is 3. The first-order chi connectivity index (χ1) is 17.9. The first-order valence-electron chi connectivity index (χ1n) is 12.2. The lowest BCUT2D eigenvalue weighted by molar-refractivity contribution is 0.585. The maximum atomic E-state index is 13.9. The third-order valence-electron chi connectivity index (χ3n) is 7.06. The molecule has 1 atom stereocenters. The van der Waals surface area contributed by atoms with Crippen LogP contribution in [0.3, 0.4) is 0 Å². The minimum absolute atomic E-state index is 0.0147. The van der Waals surface area contributed by atoms with Crippen molar-refractivity contribution in [2.45, 2.75) is 23.8 Å². The van der Waals surface area contributed by atoms with Gasteiger partial charge in [0.05, 0.1) is 22.0 Å². The number of anilines is 1. The summed E-state index contributed by atoms with van der Waals surface area (Å²) in [5, 5.41) is 0. The molecule has 0 spiro atoms. The fraction of sp³-hybridized carbons (Fsp3) is 0.200. The van der Waals surface area contributed by atoms with Gasteiger partial charge in [0.25, 0.3) is 5.56 Å². The molecule has 0 fully saturated rings. The second-order valence-corrected chi connectivity index (χ2v) is 12.2. The second-order valence-electron chi connectivity index (χ2n) is 9.49. The zero-order valence-corrected chi connectivity index (χ0v) is 24.1. The number of thiazole rings is 1. The van der Waals surface area contributed by atoms with Crippen molar-refractivity contribution in [2.24, 2.45) is 4.99 Å². The van der Waals surface area contributed by atoms with Gasteiger partial charge in [-0.1, -0.05) is 53.8 Å². The number of aryl methyl sites for hydroxylation is 1. The second kappa shape index (κ2) is 9.78. The van der Waals surface area contributed by atoms with Crippen LogP contribution in [0, 0.1) is 0 Å². The van der Waals surface area contributed by atoms with E-state index in [2.05, 4.69) is 93.8 Å². The van der Waals surface area contributed by atoms with Crippen LogP contribution in [0.15, 0.2) is 91.5 Å². The number of fused-ring (bicyclic) bond motifs is 3. The number of benzene rings is 3. The van der Waals surface area contributed by atoms with E-state index in [0.29, 0.717) is 4.53 Å². The number of hydrogen-bond acceptors (Lipinski definition) is 5. The van der Waals surface area contributed by atoms with Gasteiger partial charge in [-0.25, -0.2) is 4.99 Å². The Balaban J connectivity index is 1.56. The summed E-state index contributed by atoms with van der Waals surface area (Å²) in [5.41, 5.74) is 8.00. The van der Waals surface area contributed by atoms with Crippen LogP contribution in [0.1, 0.15) is 34.7 Å². The van der Waals surface area contributed by atoms with E-state index in [1.807, 2.05) is 24.7 Å². The molecule has 37 heavy (non-hydrogen) atoms. The normalized spacial score (nSPS) is 16.6. The van der Waals surface area contributed by atoms with Crippen molar-refractivity contribution in [1.29, 1.82) is 0 Å². The molecule has 0 saturated carbocycles. The van der Waals surface area contributed by atoms with Crippen molar-refractivity contribution >= 4 is 56.5 Å². The molecule has 7 heteroatoms.